The first kappa shape index (κ1) is 28.8. The van der Waals surface area contributed by atoms with Crippen LogP contribution in [-0.2, 0) is 38.8 Å². The predicted octanol–water partition coefficient (Wildman–Crippen LogP) is 5.55. The van der Waals surface area contributed by atoms with Crippen LogP contribution in [0.25, 0.3) is 0 Å². The molecule has 1 aliphatic rings. The Hall–Kier alpha value is -3.72. The van der Waals surface area contributed by atoms with E-state index >= 15 is 0 Å². The van der Waals surface area contributed by atoms with Crippen molar-refractivity contribution in [1.29, 1.82) is 0 Å². The molecule has 7 heteroatoms. The monoisotopic (exact) mass is 556 g/mol. The third-order valence-electron chi connectivity index (χ3n) is 6.91. The van der Waals surface area contributed by atoms with Crippen LogP contribution in [0.1, 0.15) is 16.7 Å². The predicted molar refractivity (Wildman–Crippen MR) is 154 cm³/mol. The molecule has 0 unspecified atom stereocenters. The maximum Gasteiger partial charge on any atom is 0.185 e. The lowest BCUT2D eigenvalue weighted by Crippen LogP contribution is -2.62. The summed E-state index contributed by atoms with van der Waals surface area (Å²) in [6.45, 7) is 1.20. The summed E-state index contributed by atoms with van der Waals surface area (Å²) >= 11 is 0. The van der Waals surface area contributed by atoms with Gasteiger partial charge in [-0.05, 0) is 41.0 Å². The van der Waals surface area contributed by atoms with Crippen LogP contribution in [0, 0.1) is 0 Å². The average Bonchev–Trinajstić information content (AvgIpc) is 3.02. The largest absolute Gasteiger partial charge is 0.497 e. The quantitative estimate of drug-likeness (QED) is 0.232. The molecule has 0 aliphatic carbocycles. The number of hydrogen-bond donors (Lipinski definition) is 1. The maximum absolute atomic E-state index is 11.2. The fourth-order valence-corrected chi connectivity index (χ4v) is 4.75. The van der Waals surface area contributed by atoms with E-state index in [1.807, 2.05) is 115 Å². The number of methoxy groups -OCH3 is 1. The highest BCUT2D eigenvalue weighted by atomic mass is 16.7. The lowest BCUT2D eigenvalue weighted by molar-refractivity contribution is -0.304. The Bertz CT molecular complexity index is 1290. The van der Waals surface area contributed by atoms with Crippen molar-refractivity contribution in [2.24, 2.45) is 0 Å². The van der Waals surface area contributed by atoms with E-state index in [4.69, 9.17) is 28.4 Å². The Labute approximate surface area is 241 Å². The molecule has 5 atom stereocenters. The minimum Gasteiger partial charge on any atom is -0.497 e. The van der Waals surface area contributed by atoms with Gasteiger partial charge in [0.2, 0.25) is 0 Å². The topological polar surface area (TPSA) is 75.6 Å². The first-order valence-electron chi connectivity index (χ1n) is 13.8. The second-order valence-corrected chi connectivity index (χ2v) is 9.85. The van der Waals surface area contributed by atoms with Crippen molar-refractivity contribution in [2.45, 2.75) is 50.5 Å². The molecule has 1 fully saturated rings. The van der Waals surface area contributed by atoms with Crippen molar-refractivity contribution in [3.05, 3.63) is 132 Å². The van der Waals surface area contributed by atoms with Crippen LogP contribution in [0.4, 0.5) is 0 Å². The summed E-state index contributed by atoms with van der Waals surface area (Å²) in [5, 5.41) is 11.2. The lowest BCUT2D eigenvalue weighted by atomic mass is 9.98. The molecule has 1 aliphatic heterocycles. The minimum absolute atomic E-state index is 0.194. The minimum atomic E-state index is -1.26. The zero-order chi connectivity index (χ0) is 28.3. The van der Waals surface area contributed by atoms with Gasteiger partial charge in [-0.2, -0.15) is 0 Å². The standard InChI is InChI=1S/C34H36O7/c1-36-28-17-19-29(20-18-28)40-32-31(38-22-26-13-7-3-8-14-26)30(24-37-21-25-11-5-2-6-12-25)41-34(35)33(32)39-23-27-15-9-4-10-16-27/h2-20,30-35H,21-24H2,1H3/t30-,31+,32+,33-,34+/m1/s1. The first-order chi connectivity index (χ1) is 20.2. The third kappa shape index (κ3) is 8.16. The molecule has 1 N–H and O–H groups in total. The smallest absolute Gasteiger partial charge is 0.185 e. The van der Waals surface area contributed by atoms with Crippen LogP contribution >= 0.6 is 0 Å². The van der Waals surface area contributed by atoms with Crippen molar-refractivity contribution in [2.75, 3.05) is 13.7 Å². The fourth-order valence-electron chi connectivity index (χ4n) is 4.75. The Kier molecular flexibility index (Phi) is 10.4. The molecule has 1 heterocycles. The second kappa shape index (κ2) is 14.8. The molecule has 4 aromatic rings. The lowest BCUT2D eigenvalue weighted by Gasteiger charge is -2.44. The van der Waals surface area contributed by atoms with Crippen LogP contribution in [0.3, 0.4) is 0 Å². The fraction of sp³-hybridized carbons (Fsp3) is 0.294. The normalized spacial score (nSPS) is 22.2. The molecule has 1 saturated heterocycles. The molecule has 4 aromatic carbocycles. The van der Waals surface area contributed by atoms with Crippen LogP contribution in [0.15, 0.2) is 115 Å². The molecule has 0 saturated carbocycles. The van der Waals surface area contributed by atoms with Crippen molar-refractivity contribution < 1.29 is 33.5 Å². The van der Waals surface area contributed by atoms with Crippen LogP contribution in [0.2, 0.25) is 0 Å². The first-order valence-corrected chi connectivity index (χ1v) is 13.8. The van der Waals surface area contributed by atoms with Crippen LogP contribution < -0.4 is 9.47 Å². The summed E-state index contributed by atoms with van der Waals surface area (Å²) in [4.78, 5) is 0. The number of ether oxygens (including phenoxy) is 6. The maximum atomic E-state index is 11.2. The van der Waals surface area contributed by atoms with E-state index in [-0.39, 0.29) is 13.2 Å². The molecule has 0 aromatic heterocycles. The molecular weight excluding hydrogens is 520 g/mol. The molecule has 0 spiro atoms. The van der Waals surface area contributed by atoms with Gasteiger partial charge in [-0.15, -0.1) is 0 Å². The summed E-state index contributed by atoms with van der Waals surface area (Å²) in [6.07, 6.45) is -4.02. The number of aliphatic hydroxyl groups is 1. The summed E-state index contributed by atoms with van der Waals surface area (Å²) in [5.74, 6) is 1.31. The van der Waals surface area contributed by atoms with Gasteiger partial charge in [0, 0.05) is 0 Å². The van der Waals surface area contributed by atoms with Gasteiger partial charge in [0.25, 0.3) is 0 Å². The van der Waals surface area contributed by atoms with Gasteiger partial charge >= 0.3 is 0 Å². The van der Waals surface area contributed by atoms with Crippen molar-refractivity contribution in [3.8, 4) is 11.5 Å². The van der Waals surface area contributed by atoms with Gasteiger partial charge in [0.1, 0.15) is 29.8 Å². The van der Waals surface area contributed by atoms with Crippen molar-refractivity contribution in [3.63, 3.8) is 0 Å². The van der Waals surface area contributed by atoms with E-state index in [0.29, 0.717) is 24.7 Å². The van der Waals surface area contributed by atoms with Crippen molar-refractivity contribution in [1.82, 2.24) is 0 Å². The summed E-state index contributed by atoms with van der Waals surface area (Å²) in [7, 11) is 1.62. The summed E-state index contributed by atoms with van der Waals surface area (Å²) in [6, 6.07) is 36.9. The van der Waals surface area contributed by atoms with E-state index < -0.39 is 30.7 Å². The Morgan fingerprint density at radius 1 is 0.585 bits per heavy atom. The summed E-state index contributed by atoms with van der Waals surface area (Å²) in [5.41, 5.74) is 3.02. The number of rotatable bonds is 13. The Morgan fingerprint density at radius 2 is 1.07 bits per heavy atom. The van der Waals surface area contributed by atoms with E-state index in [9.17, 15) is 5.11 Å². The molecule has 0 radical (unpaired) electrons. The van der Waals surface area contributed by atoms with E-state index in [2.05, 4.69) is 0 Å². The van der Waals surface area contributed by atoms with Gasteiger partial charge in [-0.3, -0.25) is 0 Å². The number of hydrogen-bond acceptors (Lipinski definition) is 7. The number of benzene rings is 4. The molecule has 0 amide bonds. The Balaban J connectivity index is 1.39. The molecule has 5 rings (SSSR count). The van der Waals surface area contributed by atoms with E-state index in [0.717, 1.165) is 16.7 Å². The SMILES string of the molecule is COc1ccc(O[C@@H]2[C@@H](OCc3ccccc3)[C@@H](O)O[C@H](COCc3ccccc3)[C@@H]2OCc2ccccc2)cc1. The second-order valence-electron chi connectivity index (χ2n) is 9.85. The highest BCUT2D eigenvalue weighted by molar-refractivity contribution is 5.31. The van der Waals surface area contributed by atoms with Crippen LogP contribution in [0.5, 0.6) is 11.5 Å². The average molecular weight is 557 g/mol. The van der Waals surface area contributed by atoms with E-state index in [1.165, 1.54) is 0 Å². The van der Waals surface area contributed by atoms with Crippen LogP contribution in [-0.4, -0.2) is 49.5 Å². The highest BCUT2D eigenvalue weighted by Gasteiger charge is 2.48. The highest BCUT2D eigenvalue weighted by Crippen LogP contribution is 2.31. The zero-order valence-corrected chi connectivity index (χ0v) is 23.1. The van der Waals surface area contributed by atoms with Gasteiger partial charge in [-0.25, -0.2) is 0 Å². The zero-order valence-electron chi connectivity index (χ0n) is 23.1. The summed E-state index contributed by atoms with van der Waals surface area (Å²) < 4.78 is 36.8. The van der Waals surface area contributed by atoms with Gasteiger partial charge in [0.05, 0.1) is 33.5 Å². The van der Waals surface area contributed by atoms with Crippen molar-refractivity contribution >= 4 is 0 Å². The van der Waals surface area contributed by atoms with Gasteiger partial charge in [0.15, 0.2) is 12.4 Å². The molecule has 41 heavy (non-hydrogen) atoms. The third-order valence-corrected chi connectivity index (χ3v) is 6.91. The van der Waals surface area contributed by atoms with Gasteiger partial charge < -0.3 is 33.5 Å². The molecule has 214 valence electrons. The van der Waals surface area contributed by atoms with E-state index in [1.54, 1.807) is 7.11 Å². The molecule has 7 nitrogen and oxygen atoms in total. The molecular formula is C34H36O7. The number of aliphatic hydroxyl groups excluding tert-OH is 1. The molecule has 0 bridgehead atoms. The Morgan fingerprint density at radius 3 is 1.61 bits per heavy atom. The van der Waals surface area contributed by atoms with Gasteiger partial charge in [-0.1, -0.05) is 91.0 Å².